The van der Waals surface area contributed by atoms with E-state index in [1.165, 1.54) is 4.90 Å². The SMILES string of the molecule is O=C(O)N1CC(OC2CC2)(c2ccccc2)C1. The Labute approximate surface area is 99.8 Å². The lowest BCUT2D eigenvalue weighted by Gasteiger charge is -2.48. The van der Waals surface area contributed by atoms with Crippen LogP contribution in [-0.2, 0) is 10.3 Å². The quantitative estimate of drug-likeness (QED) is 0.869. The molecule has 1 heterocycles. The molecule has 1 saturated heterocycles. The lowest BCUT2D eigenvalue weighted by molar-refractivity contribution is -0.147. The van der Waals surface area contributed by atoms with Crippen LogP contribution in [0.2, 0.25) is 0 Å². The molecule has 4 nitrogen and oxygen atoms in total. The Morgan fingerprint density at radius 1 is 1.29 bits per heavy atom. The highest BCUT2D eigenvalue weighted by Crippen LogP contribution is 2.41. The summed E-state index contributed by atoms with van der Waals surface area (Å²) in [5.41, 5.74) is 0.685. The second-order valence-corrected chi connectivity index (χ2v) is 4.82. The highest BCUT2D eigenvalue weighted by molar-refractivity contribution is 5.67. The topological polar surface area (TPSA) is 49.8 Å². The largest absolute Gasteiger partial charge is 0.465 e. The van der Waals surface area contributed by atoms with E-state index in [1.807, 2.05) is 30.3 Å². The second kappa shape index (κ2) is 3.74. The van der Waals surface area contributed by atoms with Gasteiger partial charge in [-0.05, 0) is 18.4 Å². The molecule has 3 rings (SSSR count). The minimum absolute atomic E-state index is 0.325. The number of amides is 1. The van der Waals surface area contributed by atoms with Gasteiger partial charge in [-0.3, -0.25) is 0 Å². The van der Waals surface area contributed by atoms with Crippen molar-refractivity contribution in [3.8, 4) is 0 Å². The van der Waals surface area contributed by atoms with Crippen LogP contribution >= 0.6 is 0 Å². The third-order valence-corrected chi connectivity index (χ3v) is 3.38. The number of rotatable bonds is 3. The molecule has 2 aliphatic rings. The minimum Gasteiger partial charge on any atom is -0.465 e. The third kappa shape index (κ3) is 1.89. The number of carboxylic acid groups (broad SMARTS) is 1. The molecular formula is C13H15NO3. The Hall–Kier alpha value is -1.55. The zero-order valence-corrected chi connectivity index (χ0v) is 9.50. The molecule has 0 spiro atoms. The van der Waals surface area contributed by atoms with Gasteiger partial charge in [0.2, 0.25) is 0 Å². The maximum Gasteiger partial charge on any atom is 0.407 e. The first-order valence-electron chi connectivity index (χ1n) is 5.91. The van der Waals surface area contributed by atoms with Crippen molar-refractivity contribution in [3.63, 3.8) is 0 Å². The zero-order valence-electron chi connectivity index (χ0n) is 9.50. The molecule has 0 atom stereocenters. The van der Waals surface area contributed by atoms with Crippen LogP contribution in [0.25, 0.3) is 0 Å². The number of hydrogen-bond acceptors (Lipinski definition) is 2. The van der Waals surface area contributed by atoms with Gasteiger partial charge in [-0.2, -0.15) is 0 Å². The number of ether oxygens (including phenoxy) is 1. The van der Waals surface area contributed by atoms with E-state index in [-0.39, 0.29) is 0 Å². The molecule has 1 aromatic rings. The molecule has 2 fully saturated rings. The molecule has 0 radical (unpaired) electrons. The summed E-state index contributed by atoms with van der Waals surface area (Å²) in [6.45, 7) is 0.895. The van der Waals surface area contributed by atoms with Crippen LogP contribution in [-0.4, -0.2) is 35.3 Å². The second-order valence-electron chi connectivity index (χ2n) is 4.82. The van der Waals surface area contributed by atoms with Crippen LogP contribution in [0.4, 0.5) is 4.79 Å². The third-order valence-electron chi connectivity index (χ3n) is 3.38. The smallest absolute Gasteiger partial charge is 0.407 e. The molecule has 0 bridgehead atoms. The standard InChI is InChI=1S/C13H15NO3/c15-12(16)14-8-13(9-14,17-11-6-7-11)10-4-2-1-3-5-10/h1-5,11H,6-9H2,(H,15,16). The fraction of sp³-hybridized carbons (Fsp3) is 0.462. The van der Waals surface area contributed by atoms with E-state index >= 15 is 0 Å². The van der Waals surface area contributed by atoms with E-state index in [2.05, 4.69) is 0 Å². The molecule has 0 unspecified atom stereocenters. The van der Waals surface area contributed by atoms with Crippen LogP contribution in [0.5, 0.6) is 0 Å². The predicted molar refractivity (Wildman–Crippen MR) is 61.8 cm³/mol. The molecule has 1 aromatic carbocycles. The van der Waals surface area contributed by atoms with Gasteiger partial charge < -0.3 is 14.7 Å². The highest BCUT2D eigenvalue weighted by Gasteiger charge is 2.50. The van der Waals surface area contributed by atoms with Gasteiger partial charge in [0.05, 0.1) is 19.2 Å². The first-order chi connectivity index (χ1) is 8.20. The van der Waals surface area contributed by atoms with E-state index in [1.54, 1.807) is 0 Å². The average molecular weight is 233 g/mol. The first-order valence-corrected chi connectivity index (χ1v) is 5.91. The van der Waals surface area contributed by atoms with Crippen molar-refractivity contribution in [1.82, 2.24) is 4.90 Å². The van der Waals surface area contributed by atoms with Crippen LogP contribution in [0, 0.1) is 0 Å². The lowest BCUT2D eigenvalue weighted by Crippen LogP contribution is -2.62. The van der Waals surface area contributed by atoms with E-state index in [0.717, 1.165) is 18.4 Å². The van der Waals surface area contributed by atoms with E-state index in [9.17, 15) is 4.79 Å². The maximum atomic E-state index is 10.9. The highest BCUT2D eigenvalue weighted by atomic mass is 16.5. The van der Waals surface area contributed by atoms with Crippen molar-refractivity contribution >= 4 is 6.09 Å². The van der Waals surface area contributed by atoms with E-state index in [4.69, 9.17) is 9.84 Å². The average Bonchev–Trinajstić information content (AvgIpc) is 3.07. The van der Waals surface area contributed by atoms with Crippen LogP contribution in [0.15, 0.2) is 30.3 Å². The fourth-order valence-electron chi connectivity index (χ4n) is 2.28. The lowest BCUT2D eigenvalue weighted by atomic mass is 9.86. The Morgan fingerprint density at radius 2 is 1.94 bits per heavy atom. The van der Waals surface area contributed by atoms with E-state index in [0.29, 0.717) is 19.2 Å². The van der Waals surface area contributed by atoms with Crippen molar-refractivity contribution in [1.29, 1.82) is 0 Å². The fourth-order valence-corrected chi connectivity index (χ4v) is 2.28. The maximum absolute atomic E-state index is 10.9. The molecule has 90 valence electrons. The van der Waals surface area contributed by atoms with Gasteiger partial charge in [-0.15, -0.1) is 0 Å². The molecule has 17 heavy (non-hydrogen) atoms. The predicted octanol–water partition coefficient (Wildman–Crippen LogP) is 2.05. The Kier molecular flexibility index (Phi) is 2.33. The van der Waals surface area contributed by atoms with Crippen molar-refractivity contribution in [2.24, 2.45) is 0 Å². The van der Waals surface area contributed by atoms with Gasteiger partial charge in [-0.25, -0.2) is 4.79 Å². The Bertz CT molecular complexity index is 422. The Morgan fingerprint density at radius 3 is 2.47 bits per heavy atom. The van der Waals surface area contributed by atoms with Crippen LogP contribution in [0.1, 0.15) is 18.4 Å². The number of carbonyl (C=O) groups is 1. The summed E-state index contributed by atoms with van der Waals surface area (Å²) in [6, 6.07) is 9.93. The number of benzene rings is 1. The summed E-state index contributed by atoms with van der Waals surface area (Å²) >= 11 is 0. The minimum atomic E-state index is -0.865. The van der Waals surface area contributed by atoms with Gasteiger partial charge >= 0.3 is 6.09 Å². The molecule has 4 heteroatoms. The number of nitrogens with zero attached hydrogens (tertiary/aromatic N) is 1. The van der Waals surface area contributed by atoms with E-state index < -0.39 is 11.7 Å². The molecule has 1 saturated carbocycles. The summed E-state index contributed by atoms with van der Waals surface area (Å²) in [5.74, 6) is 0. The summed E-state index contributed by atoms with van der Waals surface area (Å²) in [4.78, 5) is 12.3. The van der Waals surface area contributed by atoms with Crippen molar-refractivity contribution < 1.29 is 14.6 Å². The monoisotopic (exact) mass is 233 g/mol. The zero-order chi connectivity index (χ0) is 11.9. The molecule has 1 aliphatic carbocycles. The molecule has 0 aromatic heterocycles. The van der Waals surface area contributed by atoms with Gasteiger partial charge in [0.25, 0.3) is 0 Å². The van der Waals surface area contributed by atoms with Gasteiger partial charge in [0, 0.05) is 0 Å². The Balaban J connectivity index is 1.81. The van der Waals surface area contributed by atoms with Gasteiger partial charge in [-0.1, -0.05) is 30.3 Å². The molecular weight excluding hydrogens is 218 g/mol. The van der Waals surface area contributed by atoms with Crippen LogP contribution < -0.4 is 0 Å². The van der Waals surface area contributed by atoms with Gasteiger partial charge in [0.15, 0.2) is 0 Å². The van der Waals surface area contributed by atoms with Crippen molar-refractivity contribution in [2.75, 3.05) is 13.1 Å². The van der Waals surface area contributed by atoms with Crippen molar-refractivity contribution in [3.05, 3.63) is 35.9 Å². The summed E-state index contributed by atoms with van der Waals surface area (Å²) in [7, 11) is 0. The molecule has 1 N–H and O–H groups in total. The van der Waals surface area contributed by atoms with Gasteiger partial charge in [0.1, 0.15) is 5.60 Å². The summed E-state index contributed by atoms with van der Waals surface area (Å²) in [5, 5.41) is 8.93. The van der Waals surface area contributed by atoms with Crippen LogP contribution in [0.3, 0.4) is 0 Å². The molecule has 1 aliphatic heterocycles. The summed E-state index contributed by atoms with van der Waals surface area (Å²) < 4.78 is 6.05. The van der Waals surface area contributed by atoms with Crippen molar-refractivity contribution in [2.45, 2.75) is 24.5 Å². The number of likely N-dealkylation sites (tertiary alicyclic amines) is 1. The molecule has 1 amide bonds. The first kappa shape index (κ1) is 10.6. The number of hydrogen-bond donors (Lipinski definition) is 1. The summed E-state index contributed by atoms with van der Waals surface area (Å²) in [6.07, 6.45) is 1.66. The normalized spacial score (nSPS) is 22.0.